The maximum atomic E-state index is 11.3. The minimum Gasteiger partial charge on any atom is -0.481 e. The van der Waals surface area contributed by atoms with Crippen LogP contribution in [0.15, 0.2) is 23.8 Å². The van der Waals surface area contributed by atoms with Gasteiger partial charge in [-0.1, -0.05) is 39.0 Å². The number of aliphatic hydroxyl groups is 25. The first kappa shape index (κ1) is 91.9. The van der Waals surface area contributed by atoms with Crippen molar-refractivity contribution in [2.45, 2.75) is 305 Å². The first-order valence-electron chi connectivity index (χ1n) is 35.7. The van der Waals surface area contributed by atoms with Crippen molar-refractivity contribution in [2.75, 3.05) is 46.2 Å². The Bertz CT molecular complexity index is 2410. The Hall–Kier alpha value is -1.65. The van der Waals surface area contributed by atoms with Crippen molar-refractivity contribution in [2.24, 2.45) is 23.7 Å². The van der Waals surface area contributed by atoms with E-state index in [0.717, 1.165) is 12.0 Å². The Balaban J connectivity index is 0.000000397. The number of carboxylic acid groups (broad SMARTS) is 1. The van der Waals surface area contributed by atoms with Gasteiger partial charge in [-0.3, -0.25) is 4.79 Å². The van der Waals surface area contributed by atoms with Crippen LogP contribution >= 0.6 is 0 Å². The first-order valence-corrected chi connectivity index (χ1v) is 35.7. The molecule has 23 rings (SSSR count). The van der Waals surface area contributed by atoms with Crippen molar-refractivity contribution in [1.29, 1.82) is 0 Å². The summed E-state index contributed by atoms with van der Waals surface area (Å²) < 4.78 is 85.5. The van der Waals surface area contributed by atoms with Crippen molar-refractivity contribution >= 4 is 35.5 Å². The van der Waals surface area contributed by atoms with E-state index in [4.69, 9.17) is 76.2 Å². The summed E-state index contributed by atoms with van der Waals surface area (Å²) in [6, 6.07) is 0. The summed E-state index contributed by atoms with van der Waals surface area (Å²) in [4.78, 5) is 10.7. The van der Waals surface area contributed by atoms with Crippen LogP contribution in [0.4, 0.5) is 0 Å². The Kier molecular flexibility index (Phi) is 34.8. The van der Waals surface area contributed by atoms with Crippen LogP contribution in [-0.2, 0) is 75.8 Å². The minimum absolute atomic E-state index is 0. The second-order valence-corrected chi connectivity index (χ2v) is 28.7. The van der Waals surface area contributed by atoms with E-state index < -0.39 is 292 Å². The molecule has 21 aliphatic heterocycles. The van der Waals surface area contributed by atoms with E-state index in [0.29, 0.717) is 19.3 Å². The van der Waals surface area contributed by atoms with Crippen LogP contribution in [0, 0.1) is 23.7 Å². The van der Waals surface area contributed by atoms with Gasteiger partial charge in [0.2, 0.25) is 0 Å². The molecule has 1 unspecified atom stereocenters. The molecule has 621 valence electrons. The molecular weight excluding hydrogens is 1480 g/mol. The zero-order valence-electron chi connectivity index (χ0n) is 59.5. The molecule has 23 aliphatic rings. The van der Waals surface area contributed by atoms with Gasteiger partial charge >= 0.3 is 5.97 Å². The summed E-state index contributed by atoms with van der Waals surface area (Å²) in [7, 11) is 0. The van der Waals surface area contributed by atoms with E-state index in [1.165, 1.54) is 0 Å². The molecule has 42 nitrogen and oxygen atoms in total. The molecule has 0 saturated carbocycles. The quantitative estimate of drug-likeness (QED) is 0.0448. The van der Waals surface area contributed by atoms with Crippen LogP contribution in [0.5, 0.6) is 0 Å². The van der Waals surface area contributed by atoms with Gasteiger partial charge in [-0.2, -0.15) is 0 Å². The van der Waals surface area contributed by atoms with Gasteiger partial charge in [-0.25, -0.2) is 0 Å². The fraction of sp³-hybridized carbons (Fsp3) is 0.923. The normalized spacial score (nSPS) is 48.5. The topological polar surface area (TPSA) is 682 Å². The monoisotopic (exact) mass is 1580 g/mol. The van der Waals surface area contributed by atoms with Crippen LogP contribution in [0.2, 0.25) is 0 Å². The van der Waals surface area contributed by atoms with Crippen molar-refractivity contribution < 1.29 is 209 Å². The molecule has 0 aromatic heterocycles. The third kappa shape index (κ3) is 20.6. The predicted octanol–water partition coefficient (Wildman–Crippen LogP) is -13.4. The van der Waals surface area contributed by atoms with Gasteiger partial charge < -0.3 is 204 Å². The number of carboxylic acids is 1. The molecule has 1 radical (unpaired) electrons. The van der Waals surface area contributed by atoms with Gasteiger partial charge in [0.05, 0.1) is 77.1 Å². The largest absolute Gasteiger partial charge is 0.481 e. The fourth-order valence-electron chi connectivity index (χ4n) is 15.0. The number of aliphatic carboxylic acids is 1. The fourth-order valence-corrected chi connectivity index (χ4v) is 15.0. The third-order valence-electron chi connectivity index (χ3n) is 21.4. The molecule has 0 amide bonds. The second kappa shape index (κ2) is 41.0. The molecule has 108 heavy (non-hydrogen) atoms. The zero-order chi connectivity index (χ0) is 78.5. The van der Waals surface area contributed by atoms with E-state index in [1.807, 2.05) is 26.0 Å². The van der Waals surface area contributed by atoms with Gasteiger partial charge in [0.25, 0.3) is 0 Å². The molecule has 0 aromatic rings. The number of allylic oxidation sites excluding steroid dienone is 2. The smallest absolute Gasteiger partial charge is 0.305 e. The van der Waals surface area contributed by atoms with Crippen molar-refractivity contribution in [3.05, 3.63) is 23.8 Å². The van der Waals surface area contributed by atoms with Crippen molar-refractivity contribution in [3.8, 4) is 0 Å². The standard InChI is InChI=1S/C42H70O35.C23H38O7.Na/c43-1-8-29-15(50)22(57)36(64-8)72-30-9(2-44)66-38(24(59)17(30)52)74-32-11(4-46)68-40(26(61)19(32)54)76-34-13(6-48)70-42(28(63)21(34)56)77-35-14(7-49)69-41(27(62)20(35)55)75-33-12(5-47)67-39(25(60)18(33)53)73-31-10(3-45)65-37(71-29)23(58)16(31)51;1-4-13(2)23(29)30-20-11-17(25)9-15-6-5-14(3)19(22(15)20)8-7-16(24)10-18(26)12-21(27)28;/h8-63H,1-7H2;5-6,9,13-14,16-20,22-26,29H,4,7-8,10-12H2,1-3H3,(H,27,28);/t8-,9-,10-,11-,12-,13-,14-,15-,16-,17-,18-,19-,20-,21-,22-,23-,24-,25-,26-,27-,28-,29-,30-,31-,32-,33-,34-,35-,36-,37-,38-,39-,40-,41-,42-;13-,14-,16+,17+,18+,19-,20-,22-,23?;/m10./s1. The van der Waals surface area contributed by atoms with Crippen LogP contribution in [0.25, 0.3) is 0 Å². The third-order valence-corrected chi connectivity index (χ3v) is 21.4. The molecule has 0 aromatic carbocycles. The van der Waals surface area contributed by atoms with Gasteiger partial charge in [-0.05, 0) is 43.1 Å². The molecule has 43 heteroatoms. The van der Waals surface area contributed by atoms with E-state index in [9.17, 15) is 132 Å². The van der Waals surface area contributed by atoms with Crippen molar-refractivity contribution in [3.63, 3.8) is 0 Å². The molecule has 14 bridgehead atoms. The number of carbonyl (C=O) groups is 1. The van der Waals surface area contributed by atoms with Gasteiger partial charge in [0, 0.05) is 47.8 Å². The van der Waals surface area contributed by atoms with Crippen molar-refractivity contribution in [1.82, 2.24) is 0 Å². The van der Waals surface area contributed by atoms with E-state index >= 15 is 0 Å². The Morgan fingerprint density at radius 1 is 0.435 bits per heavy atom. The number of ether oxygens (including phenoxy) is 15. The number of hydrogen-bond donors (Lipinski definition) is 26. The van der Waals surface area contributed by atoms with E-state index in [2.05, 4.69) is 13.0 Å². The van der Waals surface area contributed by atoms with Gasteiger partial charge in [-0.15, -0.1) is 0 Å². The minimum atomic E-state index is -2.21. The van der Waals surface area contributed by atoms with E-state index in [1.54, 1.807) is 0 Å². The molecule has 21 fully saturated rings. The summed E-state index contributed by atoms with van der Waals surface area (Å²) in [5.41, 5.74) is 0.999. The van der Waals surface area contributed by atoms with E-state index in [-0.39, 0.29) is 72.2 Å². The molecule has 21 heterocycles. The number of hydrogen-bond acceptors (Lipinski definition) is 41. The van der Waals surface area contributed by atoms with Gasteiger partial charge in [0.1, 0.15) is 171 Å². The van der Waals surface area contributed by atoms with Crippen LogP contribution in [0.3, 0.4) is 0 Å². The Labute approximate surface area is 640 Å². The average molecular weight is 1580 g/mol. The summed E-state index contributed by atoms with van der Waals surface area (Å²) >= 11 is 0. The zero-order valence-corrected chi connectivity index (χ0v) is 61.5. The van der Waals surface area contributed by atoms with Crippen LogP contribution < -0.4 is 0 Å². The number of fused-ring (bicyclic) bond motifs is 1. The second-order valence-electron chi connectivity index (χ2n) is 28.7. The molecule has 21 saturated heterocycles. The maximum absolute atomic E-state index is 11.3. The SMILES string of the molecule is CC[C@H](C)C(O)O[C@H]1C[C@H](O)C=C2C=C[C@H](C)[C@H](CC[C@@H](O)C[C@@H](O)CC(=O)O)[C@H]21.OC[C@H]1O[C@@H]2O[C@H]3[C@H](O)[C@@H](O)[C@@H](O[C@H]4[C@H](O)[C@@H](O)[C@@H](O[C@H]5[C@H](O)[C@@H](O)[C@@H](O[C@H]6[C@H](O)[C@@H](O)[C@@H](O[C@H]7[C@H](O)[C@@H](O)[C@@H](O[C@H]8[C@H](O)[C@@H](O)[C@@H](O[C@H]1[C@H](O)[C@H]2O)O[C@@H]8CO)O[C@@H]7CO)O[C@@H]6CO)O[C@@H]5CO)O[C@@H]4CO)O[C@@H]3CO.[Na]. The van der Waals surface area contributed by atoms with Crippen LogP contribution in [0.1, 0.15) is 59.3 Å². The molecular formula is C65H108NaO42. The Morgan fingerprint density at radius 2 is 0.704 bits per heavy atom. The van der Waals surface area contributed by atoms with Crippen LogP contribution in [-0.4, -0.2) is 460 Å². The first-order chi connectivity index (χ1) is 50.8. The predicted molar refractivity (Wildman–Crippen MR) is 347 cm³/mol. The average Bonchev–Trinajstić information content (AvgIpc) is 0.782. The summed E-state index contributed by atoms with van der Waals surface area (Å²) in [5, 5.41) is 280. The number of aliphatic hydroxyl groups excluding tert-OH is 25. The summed E-state index contributed by atoms with van der Waals surface area (Å²) in [5.74, 6) is -0.719. The summed E-state index contributed by atoms with van der Waals surface area (Å²) in [6.45, 7) is -1.30. The molecule has 44 atom stereocenters. The molecule has 0 spiro atoms. The maximum Gasteiger partial charge on any atom is 0.305 e. The Morgan fingerprint density at radius 3 is 0.944 bits per heavy atom. The molecule has 2 aliphatic carbocycles. The number of rotatable bonds is 18. The molecule has 26 N–H and O–H groups in total. The summed E-state index contributed by atoms with van der Waals surface area (Å²) in [6.07, 6.45) is -66.0. The van der Waals surface area contributed by atoms with Gasteiger partial charge in [0.15, 0.2) is 50.3 Å².